The van der Waals surface area contributed by atoms with E-state index < -0.39 is 10.0 Å². The van der Waals surface area contributed by atoms with Gasteiger partial charge in [0.05, 0.1) is 23.8 Å². The third-order valence-corrected chi connectivity index (χ3v) is 3.92. The Kier molecular flexibility index (Phi) is 5.15. The van der Waals surface area contributed by atoms with Crippen molar-refractivity contribution < 1.29 is 8.42 Å². The first kappa shape index (κ1) is 16.5. The summed E-state index contributed by atoms with van der Waals surface area (Å²) in [6, 6.07) is 12.1. The molecule has 2 N–H and O–H groups in total. The molecule has 0 bridgehead atoms. The fraction of sp³-hybridized carbons (Fsp3) is 0.312. The van der Waals surface area contributed by atoms with Crippen molar-refractivity contribution in [1.82, 2.24) is 10.3 Å². The van der Waals surface area contributed by atoms with Crippen LogP contribution in [-0.2, 0) is 16.6 Å². The Morgan fingerprint density at radius 3 is 2.50 bits per heavy atom. The van der Waals surface area contributed by atoms with E-state index >= 15 is 0 Å². The molecule has 2 rings (SSSR count). The number of rotatable bonds is 6. The highest BCUT2D eigenvalue weighted by atomic mass is 32.2. The highest BCUT2D eigenvalue weighted by molar-refractivity contribution is 7.92. The predicted octanol–water partition coefficient (Wildman–Crippen LogP) is 2.61. The molecule has 0 fully saturated rings. The van der Waals surface area contributed by atoms with E-state index in [1.54, 1.807) is 6.20 Å². The molecule has 0 unspecified atom stereocenters. The molecule has 118 valence electrons. The van der Waals surface area contributed by atoms with Gasteiger partial charge in [0.25, 0.3) is 0 Å². The van der Waals surface area contributed by atoms with Gasteiger partial charge in [0, 0.05) is 12.6 Å². The molecule has 22 heavy (non-hydrogen) atoms. The second-order valence-electron chi connectivity index (χ2n) is 5.39. The van der Waals surface area contributed by atoms with Crippen LogP contribution in [0.2, 0.25) is 0 Å². The van der Waals surface area contributed by atoms with Gasteiger partial charge in [0.2, 0.25) is 10.0 Å². The average molecular weight is 319 g/mol. The molecule has 1 heterocycles. The van der Waals surface area contributed by atoms with Crippen LogP contribution in [0.15, 0.2) is 42.6 Å². The molecular weight excluding hydrogens is 298 g/mol. The number of aromatic nitrogens is 1. The number of sulfonamides is 1. The van der Waals surface area contributed by atoms with Crippen LogP contribution in [0, 0.1) is 6.92 Å². The number of nitrogens with zero attached hydrogens (tertiary/aromatic N) is 1. The number of hydrogen-bond acceptors (Lipinski definition) is 4. The molecule has 0 radical (unpaired) electrons. The van der Waals surface area contributed by atoms with Gasteiger partial charge in [-0.15, -0.1) is 0 Å². The third kappa shape index (κ3) is 4.82. The molecule has 0 saturated carbocycles. The lowest BCUT2D eigenvalue weighted by Crippen LogP contribution is -2.19. The average Bonchev–Trinajstić information content (AvgIpc) is 2.46. The Hall–Kier alpha value is -1.92. The zero-order chi connectivity index (χ0) is 16.2. The lowest BCUT2D eigenvalue weighted by molar-refractivity contribution is 0.561. The number of benzene rings is 1. The Morgan fingerprint density at radius 2 is 1.91 bits per heavy atom. The topological polar surface area (TPSA) is 71.1 Å². The Balaban J connectivity index is 2.04. The molecule has 6 heteroatoms. The normalized spacial score (nSPS) is 12.9. The van der Waals surface area contributed by atoms with Crippen molar-refractivity contribution in [1.29, 1.82) is 0 Å². The van der Waals surface area contributed by atoms with Crippen LogP contribution in [0.1, 0.15) is 29.8 Å². The lowest BCUT2D eigenvalue weighted by Gasteiger charge is -2.15. The largest absolute Gasteiger partial charge is 0.305 e. The Bertz CT molecular complexity index is 730. The Morgan fingerprint density at radius 1 is 1.23 bits per heavy atom. The molecule has 1 atom stereocenters. The third-order valence-electron chi connectivity index (χ3n) is 3.33. The fourth-order valence-electron chi connectivity index (χ4n) is 2.09. The molecule has 0 saturated heterocycles. The standard InChI is InChI=1S/C16H21N3O2S/c1-12-9-15(18-11-16(12)19-22(3,20)21)13(2)17-10-14-7-5-4-6-8-14/h4-9,11,13,17,19H,10H2,1-3H3/t13-/m1/s1. The van der Waals surface area contributed by atoms with Gasteiger partial charge in [-0.3, -0.25) is 9.71 Å². The second-order valence-corrected chi connectivity index (χ2v) is 7.13. The molecular formula is C16H21N3O2S. The smallest absolute Gasteiger partial charge is 0.229 e. The van der Waals surface area contributed by atoms with Crippen LogP contribution in [0.3, 0.4) is 0 Å². The zero-order valence-electron chi connectivity index (χ0n) is 13.0. The van der Waals surface area contributed by atoms with Gasteiger partial charge in [0.1, 0.15) is 0 Å². The summed E-state index contributed by atoms with van der Waals surface area (Å²) in [6.45, 7) is 4.66. The predicted molar refractivity (Wildman–Crippen MR) is 89.1 cm³/mol. The molecule has 0 aliphatic rings. The first-order valence-electron chi connectivity index (χ1n) is 7.07. The molecule has 0 aliphatic heterocycles. The summed E-state index contributed by atoms with van der Waals surface area (Å²) in [5, 5.41) is 3.41. The monoisotopic (exact) mass is 319 g/mol. The first-order chi connectivity index (χ1) is 10.3. The van der Waals surface area contributed by atoms with Crippen molar-refractivity contribution in [3.8, 4) is 0 Å². The van der Waals surface area contributed by atoms with Crippen LogP contribution in [0.5, 0.6) is 0 Å². The van der Waals surface area contributed by atoms with E-state index in [1.165, 1.54) is 5.56 Å². The molecule has 1 aromatic carbocycles. The minimum atomic E-state index is -3.28. The van der Waals surface area contributed by atoms with Crippen molar-refractivity contribution >= 4 is 15.7 Å². The summed E-state index contributed by atoms with van der Waals surface area (Å²) >= 11 is 0. The van der Waals surface area contributed by atoms with Crippen molar-refractivity contribution in [2.24, 2.45) is 0 Å². The van der Waals surface area contributed by atoms with E-state index in [-0.39, 0.29) is 6.04 Å². The van der Waals surface area contributed by atoms with Crippen molar-refractivity contribution in [2.75, 3.05) is 11.0 Å². The number of hydrogen-bond donors (Lipinski definition) is 2. The van der Waals surface area contributed by atoms with Crippen molar-refractivity contribution in [2.45, 2.75) is 26.4 Å². The van der Waals surface area contributed by atoms with Gasteiger partial charge in [-0.25, -0.2) is 8.42 Å². The highest BCUT2D eigenvalue weighted by Gasteiger charge is 2.10. The first-order valence-corrected chi connectivity index (χ1v) is 8.96. The molecule has 1 aromatic heterocycles. The Labute approximate surface area is 131 Å². The zero-order valence-corrected chi connectivity index (χ0v) is 13.8. The maximum absolute atomic E-state index is 11.3. The minimum absolute atomic E-state index is 0.0752. The summed E-state index contributed by atoms with van der Waals surface area (Å²) in [5.74, 6) is 0. The van der Waals surface area contributed by atoms with E-state index in [2.05, 4.69) is 27.2 Å². The van der Waals surface area contributed by atoms with Crippen molar-refractivity contribution in [3.63, 3.8) is 0 Å². The van der Waals surface area contributed by atoms with Gasteiger partial charge in [-0.05, 0) is 31.0 Å². The quantitative estimate of drug-likeness (QED) is 0.858. The van der Waals surface area contributed by atoms with E-state index in [4.69, 9.17) is 0 Å². The molecule has 0 amide bonds. The number of nitrogens with one attached hydrogen (secondary N) is 2. The summed E-state index contributed by atoms with van der Waals surface area (Å²) < 4.78 is 25.0. The minimum Gasteiger partial charge on any atom is -0.305 e. The number of pyridine rings is 1. The number of anilines is 1. The number of aryl methyl sites for hydroxylation is 1. The van der Waals surface area contributed by atoms with E-state index in [1.807, 2.05) is 38.1 Å². The van der Waals surface area contributed by atoms with Gasteiger partial charge in [-0.1, -0.05) is 30.3 Å². The van der Waals surface area contributed by atoms with Gasteiger partial charge in [0.15, 0.2) is 0 Å². The lowest BCUT2D eigenvalue weighted by atomic mass is 10.1. The van der Waals surface area contributed by atoms with E-state index in [9.17, 15) is 8.42 Å². The van der Waals surface area contributed by atoms with E-state index in [0.29, 0.717) is 5.69 Å². The van der Waals surface area contributed by atoms with Gasteiger partial charge < -0.3 is 5.32 Å². The van der Waals surface area contributed by atoms with E-state index in [0.717, 1.165) is 24.1 Å². The van der Waals surface area contributed by atoms with Crippen LogP contribution in [0.4, 0.5) is 5.69 Å². The van der Waals surface area contributed by atoms with Crippen LogP contribution in [0.25, 0.3) is 0 Å². The van der Waals surface area contributed by atoms with Crippen molar-refractivity contribution in [3.05, 3.63) is 59.4 Å². The molecule has 0 spiro atoms. The molecule has 0 aliphatic carbocycles. The van der Waals surface area contributed by atoms with Crippen LogP contribution >= 0.6 is 0 Å². The molecule has 2 aromatic rings. The highest BCUT2D eigenvalue weighted by Crippen LogP contribution is 2.19. The van der Waals surface area contributed by atoms with Gasteiger partial charge >= 0.3 is 0 Å². The van der Waals surface area contributed by atoms with Crippen LogP contribution in [-0.4, -0.2) is 19.7 Å². The SMILES string of the molecule is Cc1cc([C@@H](C)NCc2ccccc2)ncc1NS(C)(=O)=O. The maximum atomic E-state index is 11.3. The summed E-state index contributed by atoms with van der Waals surface area (Å²) in [4.78, 5) is 4.35. The summed E-state index contributed by atoms with van der Waals surface area (Å²) in [5.41, 5.74) is 3.46. The van der Waals surface area contributed by atoms with Crippen LogP contribution < -0.4 is 10.0 Å². The van der Waals surface area contributed by atoms with Gasteiger partial charge in [-0.2, -0.15) is 0 Å². The molecule has 5 nitrogen and oxygen atoms in total. The summed E-state index contributed by atoms with van der Waals surface area (Å²) in [7, 11) is -3.28. The summed E-state index contributed by atoms with van der Waals surface area (Å²) in [6.07, 6.45) is 2.69. The maximum Gasteiger partial charge on any atom is 0.229 e. The second kappa shape index (κ2) is 6.89. The fourth-order valence-corrected chi connectivity index (χ4v) is 2.71.